The minimum absolute atomic E-state index is 0.159. The van der Waals surface area contributed by atoms with E-state index in [-0.39, 0.29) is 23.3 Å². The lowest BCUT2D eigenvalue weighted by molar-refractivity contribution is 0.0688. The first-order valence-corrected chi connectivity index (χ1v) is 7.96. The van der Waals surface area contributed by atoms with E-state index >= 15 is 0 Å². The number of carboxylic acid groups (broad SMARTS) is 1. The van der Waals surface area contributed by atoms with Crippen molar-refractivity contribution in [3.05, 3.63) is 23.8 Å². The molecule has 1 fully saturated rings. The van der Waals surface area contributed by atoms with Crippen LogP contribution in [0.25, 0.3) is 0 Å². The summed E-state index contributed by atoms with van der Waals surface area (Å²) in [4.78, 5) is 30.4. The standard InChI is InChI=1S/C16H23N3O3/c1-2-3-4-11-5-7-12(8-6-11)19-15(20)13-9-18-14(10-17-13)16(21)22/h9-12H,2-8H2,1H3,(H,19,20)(H,21,22). The topological polar surface area (TPSA) is 92.2 Å². The number of hydrogen-bond acceptors (Lipinski definition) is 4. The molecule has 0 saturated heterocycles. The van der Waals surface area contributed by atoms with Crippen molar-refractivity contribution in [2.45, 2.75) is 57.9 Å². The van der Waals surface area contributed by atoms with Gasteiger partial charge in [-0.15, -0.1) is 0 Å². The number of aromatic carboxylic acids is 1. The Morgan fingerprint density at radius 3 is 2.36 bits per heavy atom. The molecule has 6 heteroatoms. The zero-order valence-electron chi connectivity index (χ0n) is 12.9. The first-order valence-electron chi connectivity index (χ1n) is 7.96. The lowest BCUT2D eigenvalue weighted by Gasteiger charge is -2.29. The second-order valence-electron chi connectivity index (χ2n) is 5.93. The molecule has 1 aliphatic rings. The van der Waals surface area contributed by atoms with Crippen LogP contribution >= 0.6 is 0 Å². The van der Waals surface area contributed by atoms with E-state index < -0.39 is 5.97 Å². The molecule has 0 atom stereocenters. The maximum Gasteiger partial charge on any atom is 0.356 e. The van der Waals surface area contributed by atoms with Crippen molar-refractivity contribution in [2.24, 2.45) is 5.92 Å². The van der Waals surface area contributed by atoms with Crippen molar-refractivity contribution in [1.82, 2.24) is 15.3 Å². The van der Waals surface area contributed by atoms with E-state index in [0.29, 0.717) is 0 Å². The Balaban J connectivity index is 1.81. The van der Waals surface area contributed by atoms with Gasteiger partial charge in [-0.25, -0.2) is 14.8 Å². The van der Waals surface area contributed by atoms with Crippen LogP contribution in [0.4, 0.5) is 0 Å². The second kappa shape index (κ2) is 7.87. The van der Waals surface area contributed by atoms with Gasteiger partial charge in [0.05, 0.1) is 12.4 Å². The third-order valence-electron chi connectivity index (χ3n) is 4.25. The third-order valence-corrected chi connectivity index (χ3v) is 4.25. The predicted octanol–water partition coefficient (Wildman–Crippen LogP) is 2.65. The molecule has 1 heterocycles. The van der Waals surface area contributed by atoms with E-state index in [1.54, 1.807) is 0 Å². The van der Waals surface area contributed by atoms with Gasteiger partial charge in [-0.1, -0.05) is 26.2 Å². The minimum Gasteiger partial charge on any atom is -0.476 e. The Bertz CT molecular complexity index is 508. The van der Waals surface area contributed by atoms with Gasteiger partial charge in [-0.05, 0) is 31.6 Å². The van der Waals surface area contributed by atoms with Crippen molar-refractivity contribution in [2.75, 3.05) is 0 Å². The van der Waals surface area contributed by atoms with Crippen molar-refractivity contribution in [1.29, 1.82) is 0 Å². The van der Waals surface area contributed by atoms with Gasteiger partial charge in [-0.3, -0.25) is 4.79 Å². The van der Waals surface area contributed by atoms with E-state index in [9.17, 15) is 9.59 Å². The van der Waals surface area contributed by atoms with Crippen LogP contribution < -0.4 is 5.32 Å². The maximum absolute atomic E-state index is 12.1. The molecule has 120 valence electrons. The molecule has 0 unspecified atom stereocenters. The van der Waals surface area contributed by atoms with E-state index in [0.717, 1.165) is 37.8 Å². The molecule has 0 aromatic carbocycles. The van der Waals surface area contributed by atoms with Gasteiger partial charge >= 0.3 is 5.97 Å². The van der Waals surface area contributed by atoms with Gasteiger partial charge in [0, 0.05) is 6.04 Å². The highest BCUT2D eigenvalue weighted by Gasteiger charge is 2.23. The first kappa shape index (κ1) is 16.4. The monoisotopic (exact) mass is 305 g/mol. The van der Waals surface area contributed by atoms with Crippen LogP contribution in [0, 0.1) is 5.92 Å². The fraction of sp³-hybridized carbons (Fsp3) is 0.625. The number of amides is 1. The second-order valence-corrected chi connectivity index (χ2v) is 5.93. The average molecular weight is 305 g/mol. The molecule has 0 bridgehead atoms. The molecule has 0 aliphatic heterocycles. The normalized spacial score (nSPS) is 21.3. The molecule has 1 aliphatic carbocycles. The average Bonchev–Trinajstić information content (AvgIpc) is 2.54. The number of carbonyl (C=O) groups is 2. The van der Waals surface area contributed by atoms with Crippen molar-refractivity contribution < 1.29 is 14.7 Å². The maximum atomic E-state index is 12.1. The minimum atomic E-state index is -1.15. The summed E-state index contributed by atoms with van der Waals surface area (Å²) in [6.07, 6.45) is 10.5. The molecule has 0 spiro atoms. The largest absolute Gasteiger partial charge is 0.476 e. The summed E-state index contributed by atoms with van der Waals surface area (Å²) in [5.41, 5.74) is 0.00564. The predicted molar refractivity (Wildman–Crippen MR) is 81.7 cm³/mol. The van der Waals surface area contributed by atoms with E-state index in [2.05, 4.69) is 22.2 Å². The van der Waals surface area contributed by atoms with Gasteiger partial charge in [-0.2, -0.15) is 0 Å². The quantitative estimate of drug-likeness (QED) is 0.843. The fourth-order valence-corrected chi connectivity index (χ4v) is 2.90. The van der Waals surface area contributed by atoms with Crippen molar-refractivity contribution in [3.8, 4) is 0 Å². The summed E-state index contributed by atoms with van der Waals surface area (Å²) in [5.74, 6) is -0.631. The van der Waals surface area contributed by atoms with Gasteiger partial charge < -0.3 is 10.4 Å². The Morgan fingerprint density at radius 1 is 1.18 bits per heavy atom. The molecular formula is C16H23N3O3. The zero-order chi connectivity index (χ0) is 15.9. The third kappa shape index (κ3) is 4.51. The fourth-order valence-electron chi connectivity index (χ4n) is 2.90. The number of carboxylic acids is 1. The molecule has 1 amide bonds. The van der Waals surface area contributed by atoms with Crippen LogP contribution in [0.15, 0.2) is 12.4 Å². The van der Waals surface area contributed by atoms with Crippen molar-refractivity contribution >= 4 is 11.9 Å². The summed E-state index contributed by atoms with van der Waals surface area (Å²) >= 11 is 0. The molecule has 2 N–H and O–H groups in total. The Hall–Kier alpha value is -1.98. The number of rotatable bonds is 6. The summed E-state index contributed by atoms with van der Waals surface area (Å²) in [6.45, 7) is 2.21. The summed E-state index contributed by atoms with van der Waals surface area (Å²) in [6, 6.07) is 0.186. The molecule has 2 rings (SSSR count). The van der Waals surface area contributed by atoms with Gasteiger partial charge in [0.15, 0.2) is 5.69 Å². The van der Waals surface area contributed by atoms with Crippen LogP contribution in [0.5, 0.6) is 0 Å². The molecular weight excluding hydrogens is 282 g/mol. The number of nitrogens with one attached hydrogen (secondary N) is 1. The van der Waals surface area contributed by atoms with Crippen LogP contribution in [0.3, 0.4) is 0 Å². The van der Waals surface area contributed by atoms with Gasteiger partial charge in [0.2, 0.25) is 0 Å². The molecule has 0 radical (unpaired) electrons. The Kier molecular flexibility index (Phi) is 5.86. The van der Waals surface area contributed by atoms with Crippen molar-refractivity contribution in [3.63, 3.8) is 0 Å². The lowest BCUT2D eigenvalue weighted by Crippen LogP contribution is -2.38. The SMILES string of the molecule is CCCCC1CCC(NC(=O)c2cnc(C(=O)O)cn2)CC1. The summed E-state index contributed by atoms with van der Waals surface area (Å²) in [7, 11) is 0. The number of nitrogens with zero attached hydrogens (tertiary/aromatic N) is 2. The van der Waals surface area contributed by atoms with E-state index in [1.165, 1.54) is 25.5 Å². The van der Waals surface area contributed by atoms with Gasteiger partial charge in [0.25, 0.3) is 5.91 Å². The first-order chi connectivity index (χ1) is 10.6. The number of carbonyl (C=O) groups excluding carboxylic acids is 1. The highest BCUT2D eigenvalue weighted by atomic mass is 16.4. The highest BCUT2D eigenvalue weighted by Crippen LogP contribution is 2.28. The highest BCUT2D eigenvalue weighted by molar-refractivity contribution is 5.92. The Labute approximate surface area is 130 Å². The summed E-state index contributed by atoms with van der Waals surface area (Å²) in [5, 5.41) is 11.7. The van der Waals surface area contributed by atoms with E-state index in [1.807, 2.05) is 0 Å². The lowest BCUT2D eigenvalue weighted by atomic mass is 9.83. The smallest absolute Gasteiger partial charge is 0.356 e. The molecule has 6 nitrogen and oxygen atoms in total. The molecule has 22 heavy (non-hydrogen) atoms. The molecule has 1 aromatic rings. The number of unbranched alkanes of at least 4 members (excludes halogenated alkanes) is 1. The van der Waals surface area contributed by atoms with E-state index in [4.69, 9.17) is 5.11 Å². The zero-order valence-corrected chi connectivity index (χ0v) is 12.9. The number of aromatic nitrogens is 2. The molecule has 1 aromatic heterocycles. The Morgan fingerprint density at radius 2 is 1.82 bits per heavy atom. The molecule has 1 saturated carbocycles. The van der Waals surface area contributed by atoms with Crippen LogP contribution in [-0.4, -0.2) is 33.0 Å². The summed E-state index contributed by atoms with van der Waals surface area (Å²) < 4.78 is 0. The van der Waals surface area contributed by atoms with Crippen LogP contribution in [0.1, 0.15) is 72.8 Å². The van der Waals surface area contributed by atoms with Crippen LogP contribution in [-0.2, 0) is 0 Å². The van der Waals surface area contributed by atoms with Crippen LogP contribution in [0.2, 0.25) is 0 Å². The number of hydrogen-bond donors (Lipinski definition) is 2. The van der Waals surface area contributed by atoms with Gasteiger partial charge in [0.1, 0.15) is 5.69 Å².